The van der Waals surface area contributed by atoms with Crippen molar-refractivity contribution in [2.45, 2.75) is 44.8 Å². The zero-order valence-corrected chi connectivity index (χ0v) is 13.3. The second-order valence-electron chi connectivity index (χ2n) is 6.26. The fraction of sp³-hybridized carbons (Fsp3) is 0.368. The fourth-order valence-electron chi connectivity index (χ4n) is 3.00. The molecule has 2 aromatic rings. The summed E-state index contributed by atoms with van der Waals surface area (Å²) in [6.45, 7) is 2.04. The molecule has 2 N–H and O–H groups in total. The van der Waals surface area contributed by atoms with Crippen LogP contribution >= 0.6 is 0 Å². The lowest BCUT2D eigenvalue weighted by atomic mass is 9.92. The number of nitrogens with zero attached hydrogens (tertiary/aromatic N) is 1. The lowest BCUT2D eigenvalue weighted by molar-refractivity contribution is 0.0717. The van der Waals surface area contributed by atoms with E-state index in [0.717, 1.165) is 36.8 Å². The molecule has 120 valence electrons. The van der Waals surface area contributed by atoms with E-state index in [1.807, 2.05) is 37.3 Å². The van der Waals surface area contributed by atoms with E-state index in [1.54, 1.807) is 12.4 Å². The van der Waals surface area contributed by atoms with Gasteiger partial charge in [0.15, 0.2) is 0 Å². The van der Waals surface area contributed by atoms with Gasteiger partial charge in [-0.15, -0.1) is 0 Å². The van der Waals surface area contributed by atoms with Gasteiger partial charge in [0.1, 0.15) is 0 Å². The monoisotopic (exact) mass is 310 g/mol. The van der Waals surface area contributed by atoms with Gasteiger partial charge in [0.25, 0.3) is 5.91 Å². The van der Waals surface area contributed by atoms with E-state index in [2.05, 4.69) is 10.3 Å². The van der Waals surface area contributed by atoms with Crippen molar-refractivity contribution in [1.29, 1.82) is 0 Å². The second-order valence-corrected chi connectivity index (χ2v) is 6.26. The number of carbonyl (C=O) groups excluding carboxylic acids is 1. The summed E-state index contributed by atoms with van der Waals surface area (Å²) < 4.78 is 0. The first-order valence-corrected chi connectivity index (χ1v) is 8.14. The number of aryl methyl sites for hydroxylation is 1. The largest absolute Gasteiger partial charge is 0.391 e. The van der Waals surface area contributed by atoms with E-state index >= 15 is 0 Å². The molecule has 1 aliphatic rings. The predicted molar refractivity (Wildman–Crippen MR) is 90.1 cm³/mol. The highest BCUT2D eigenvalue weighted by Crippen LogP contribution is 2.21. The highest BCUT2D eigenvalue weighted by atomic mass is 16.3. The van der Waals surface area contributed by atoms with Gasteiger partial charge in [0.2, 0.25) is 0 Å². The summed E-state index contributed by atoms with van der Waals surface area (Å²) >= 11 is 0. The maximum Gasteiger partial charge on any atom is 0.253 e. The summed E-state index contributed by atoms with van der Waals surface area (Å²) in [5, 5.41) is 12.9. The maximum absolute atomic E-state index is 12.4. The standard InChI is InChI=1S/C19H22N2O2/c1-13-6-8-14(9-7-13)15-10-16(12-20-11-15)19(23)21-17-4-2-3-5-18(17)22/h6-12,17-18,22H,2-5H2,1H3,(H,21,23). The molecule has 0 bridgehead atoms. The van der Waals surface area contributed by atoms with Gasteiger partial charge in [0, 0.05) is 18.0 Å². The van der Waals surface area contributed by atoms with Crippen LogP contribution in [0.4, 0.5) is 0 Å². The Kier molecular flexibility index (Phi) is 4.72. The summed E-state index contributed by atoms with van der Waals surface area (Å²) in [6.07, 6.45) is 6.55. The number of nitrogens with one attached hydrogen (secondary N) is 1. The summed E-state index contributed by atoms with van der Waals surface area (Å²) in [5.74, 6) is -0.169. The molecule has 23 heavy (non-hydrogen) atoms. The molecule has 1 aliphatic carbocycles. The van der Waals surface area contributed by atoms with Crippen molar-refractivity contribution in [3.63, 3.8) is 0 Å². The molecule has 0 radical (unpaired) electrons. The first-order chi connectivity index (χ1) is 11.1. The normalized spacial score (nSPS) is 21.0. The molecular formula is C19H22N2O2. The molecule has 1 fully saturated rings. The van der Waals surface area contributed by atoms with Crippen molar-refractivity contribution in [2.24, 2.45) is 0 Å². The van der Waals surface area contributed by atoms with Gasteiger partial charge in [-0.2, -0.15) is 0 Å². The van der Waals surface area contributed by atoms with E-state index in [1.165, 1.54) is 5.56 Å². The average molecular weight is 310 g/mol. The van der Waals surface area contributed by atoms with Gasteiger partial charge in [-0.1, -0.05) is 42.7 Å². The van der Waals surface area contributed by atoms with Crippen LogP contribution < -0.4 is 5.32 Å². The SMILES string of the molecule is Cc1ccc(-c2cncc(C(=O)NC3CCCCC3O)c2)cc1. The number of hydrogen-bond donors (Lipinski definition) is 2. The highest BCUT2D eigenvalue weighted by molar-refractivity contribution is 5.95. The van der Waals surface area contributed by atoms with Crippen molar-refractivity contribution in [1.82, 2.24) is 10.3 Å². The van der Waals surface area contributed by atoms with Crippen molar-refractivity contribution < 1.29 is 9.90 Å². The Morgan fingerprint density at radius 1 is 1.13 bits per heavy atom. The molecule has 2 unspecified atom stereocenters. The summed E-state index contributed by atoms with van der Waals surface area (Å²) in [4.78, 5) is 16.6. The number of hydrogen-bond acceptors (Lipinski definition) is 3. The summed E-state index contributed by atoms with van der Waals surface area (Å²) in [7, 11) is 0. The topological polar surface area (TPSA) is 62.2 Å². The van der Waals surface area contributed by atoms with Gasteiger partial charge in [0.05, 0.1) is 17.7 Å². The Balaban J connectivity index is 1.76. The predicted octanol–water partition coefficient (Wildman–Crippen LogP) is 3.09. The third kappa shape index (κ3) is 3.77. The van der Waals surface area contributed by atoms with Crippen molar-refractivity contribution >= 4 is 5.91 Å². The van der Waals surface area contributed by atoms with E-state index in [9.17, 15) is 9.90 Å². The molecule has 1 aromatic carbocycles. The number of carbonyl (C=O) groups is 1. The Labute approximate surface area is 136 Å². The number of benzene rings is 1. The Hall–Kier alpha value is -2.20. The summed E-state index contributed by atoms with van der Waals surface area (Å²) in [6, 6.07) is 9.83. The van der Waals surface area contributed by atoms with Gasteiger partial charge >= 0.3 is 0 Å². The highest BCUT2D eigenvalue weighted by Gasteiger charge is 2.24. The molecule has 2 atom stereocenters. The minimum absolute atomic E-state index is 0.153. The van der Waals surface area contributed by atoms with Crippen molar-refractivity contribution in [2.75, 3.05) is 0 Å². The lowest BCUT2D eigenvalue weighted by Gasteiger charge is -2.28. The van der Waals surface area contributed by atoms with Crippen LogP contribution in [0.15, 0.2) is 42.7 Å². The maximum atomic E-state index is 12.4. The molecule has 0 spiro atoms. The minimum Gasteiger partial charge on any atom is -0.391 e. The third-order valence-electron chi connectivity index (χ3n) is 4.43. The molecule has 1 saturated carbocycles. The first kappa shape index (κ1) is 15.7. The van der Waals surface area contributed by atoms with Crippen LogP contribution in [0.5, 0.6) is 0 Å². The van der Waals surface area contributed by atoms with Gasteiger partial charge in [-0.3, -0.25) is 9.78 Å². The Bertz CT molecular complexity index is 682. The average Bonchev–Trinajstić information content (AvgIpc) is 2.58. The molecule has 3 rings (SSSR count). The zero-order valence-electron chi connectivity index (χ0n) is 13.3. The molecule has 1 aromatic heterocycles. The van der Waals surface area contributed by atoms with Gasteiger partial charge in [-0.05, 0) is 31.4 Å². The number of aromatic nitrogens is 1. The van der Waals surface area contributed by atoms with Crippen LogP contribution in [-0.2, 0) is 0 Å². The van der Waals surface area contributed by atoms with Crippen molar-refractivity contribution in [3.05, 3.63) is 53.9 Å². The van der Waals surface area contributed by atoms with Crippen molar-refractivity contribution in [3.8, 4) is 11.1 Å². The molecule has 4 heteroatoms. The Morgan fingerprint density at radius 3 is 2.61 bits per heavy atom. The van der Waals surface area contributed by atoms with Gasteiger partial charge < -0.3 is 10.4 Å². The van der Waals surface area contributed by atoms with Crippen LogP contribution in [0.3, 0.4) is 0 Å². The molecule has 0 saturated heterocycles. The van der Waals surface area contributed by atoms with Crippen LogP contribution in [0.1, 0.15) is 41.6 Å². The minimum atomic E-state index is -0.444. The van der Waals surface area contributed by atoms with E-state index in [-0.39, 0.29) is 11.9 Å². The van der Waals surface area contributed by atoms with E-state index < -0.39 is 6.10 Å². The number of aliphatic hydroxyl groups is 1. The molecule has 4 nitrogen and oxygen atoms in total. The molecule has 0 aliphatic heterocycles. The smallest absolute Gasteiger partial charge is 0.253 e. The number of amides is 1. The molecular weight excluding hydrogens is 288 g/mol. The van der Waals surface area contributed by atoms with E-state index in [4.69, 9.17) is 0 Å². The first-order valence-electron chi connectivity index (χ1n) is 8.14. The lowest BCUT2D eigenvalue weighted by Crippen LogP contribution is -2.45. The number of pyridine rings is 1. The van der Waals surface area contributed by atoms with E-state index in [0.29, 0.717) is 5.56 Å². The quantitative estimate of drug-likeness (QED) is 0.916. The second kappa shape index (κ2) is 6.92. The molecule has 1 heterocycles. The van der Waals surface area contributed by atoms with Crippen LogP contribution in [-0.4, -0.2) is 28.1 Å². The van der Waals surface area contributed by atoms with Crippen LogP contribution in [0, 0.1) is 6.92 Å². The number of rotatable bonds is 3. The molecule has 1 amide bonds. The third-order valence-corrected chi connectivity index (χ3v) is 4.43. The van der Waals surface area contributed by atoms with Crippen LogP contribution in [0.25, 0.3) is 11.1 Å². The van der Waals surface area contributed by atoms with Crippen LogP contribution in [0.2, 0.25) is 0 Å². The van der Waals surface area contributed by atoms with Gasteiger partial charge in [-0.25, -0.2) is 0 Å². The fourth-order valence-corrected chi connectivity index (χ4v) is 3.00. The number of aliphatic hydroxyl groups excluding tert-OH is 1. The Morgan fingerprint density at radius 2 is 1.87 bits per heavy atom. The zero-order chi connectivity index (χ0) is 16.2. The summed E-state index contributed by atoms with van der Waals surface area (Å²) in [5.41, 5.74) is 3.68.